The fourth-order valence-electron chi connectivity index (χ4n) is 1.41. The maximum atomic E-state index is 13.0. The summed E-state index contributed by atoms with van der Waals surface area (Å²) in [6.45, 7) is 0.476. The molecule has 1 aromatic carbocycles. The smallest absolute Gasteiger partial charge is 0.198 e. The number of hydrogen-bond donors (Lipinski definition) is 0. The summed E-state index contributed by atoms with van der Waals surface area (Å²) in [5.41, 5.74) is 0.831. The van der Waals surface area contributed by atoms with Crippen LogP contribution in [0.5, 0.6) is 0 Å². The maximum Gasteiger partial charge on any atom is 0.198 e. The molecule has 3 nitrogen and oxygen atoms in total. The van der Waals surface area contributed by atoms with E-state index in [1.807, 2.05) is 6.07 Å². The summed E-state index contributed by atoms with van der Waals surface area (Å²) in [5, 5.41) is 6.43. The van der Waals surface area contributed by atoms with Gasteiger partial charge in [0.2, 0.25) is 0 Å². The second-order valence-electron chi connectivity index (χ2n) is 3.33. The Morgan fingerprint density at radius 3 is 3.06 bits per heavy atom. The van der Waals surface area contributed by atoms with Crippen LogP contribution in [0.2, 0.25) is 0 Å². The highest BCUT2D eigenvalue weighted by Crippen LogP contribution is 2.22. The van der Waals surface area contributed by atoms with E-state index in [-0.39, 0.29) is 5.82 Å². The molecule has 2 rings (SSSR count). The molecule has 1 aromatic heterocycles. The van der Waals surface area contributed by atoms with Crippen LogP contribution in [0.25, 0.3) is 0 Å². The summed E-state index contributed by atoms with van der Waals surface area (Å²) in [5.74, 6) is 0.210. The van der Waals surface area contributed by atoms with Crippen molar-refractivity contribution in [1.82, 2.24) is 9.78 Å². The van der Waals surface area contributed by atoms with Crippen LogP contribution >= 0.6 is 28.1 Å². The lowest BCUT2D eigenvalue weighted by molar-refractivity contribution is 0.619. The average Bonchev–Trinajstić information content (AvgIpc) is 2.60. The fraction of sp³-hybridized carbons (Fsp3) is 0.0909. The van der Waals surface area contributed by atoms with Crippen LogP contribution in [0, 0.1) is 5.82 Å². The van der Waals surface area contributed by atoms with Crippen LogP contribution in [0.4, 0.5) is 10.2 Å². The predicted molar refractivity (Wildman–Crippen MR) is 70.1 cm³/mol. The third kappa shape index (κ3) is 3.06. The molecule has 0 aliphatic heterocycles. The van der Waals surface area contributed by atoms with Gasteiger partial charge in [0.15, 0.2) is 5.82 Å². The number of thiocarbonyl (C=S) groups is 1. The van der Waals surface area contributed by atoms with E-state index >= 15 is 0 Å². The number of aromatic nitrogens is 2. The first-order valence-corrected chi connectivity index (χ1v) is 5.94. The first-order chi connectivity index (χ1) is 8.19. The number of nitrogens with zero attached hydrogens (tertiary/aromatic N) is 3. The van der Waals surface area contributed by atoms with E-state index in [0.717, 1.165) is 10.0 Å². The second kappa shape index (κ2) is 5.31. The molecule has 0 spiro atoms. The molecule has 0 aliphatic rings. The molecule has 0 atom stereocenters. The highest BCUT2D eigenvalue weighted by atomic mass is 79.9. The Bertz CT molecular complexity index is 590. The molecule has 0 aliphatic carbocycles. The van der Waals surface area contributed by atoms with Crippen molar-refractivity contribution in [2.75, 3.05) is 0 Å². The summed E-state index contributed by atoms with van der Waals surface area (Å²) in [6, 6.07) is 6.38. The maximum absolute atomic E-state index is 13.0. The number of rotatable bonds is 3. The SMILES string of the molecule is Fc1cccc(Cn2cc(Br)c(N=C=S)n2)c1. The number of halogens is 2. The van der Waals surface area contributed by atoms with E-state index in [4.69, 9.17) is 0 Å². The molecular weight excluding hydrogens is 305 g/mol. The third-order valence-corrected chi connectivity index (χ3v) is 2.73. The molecule has 0 saturated heterocycles. The number of hydrogen-bond acceptors (Lipinski definition) is 3. The van der Waals surface area contributed by atoms with Crippen molar-refractivity contribution in [3.63, 3.8) is 0 Å². The first kappa shape index (κ1) is 12.1. The Labute approximate surface area is 111 Å². The van der Waals surface area contributed by atoms with Gasteiger partial charge in [-0.15, -0.1) is 0 Å². The Morgan fingerprint density at radius 2 is 2.35 bits per heavy atom. The van der Waals surface area contributed by atoms with Gasteiger partial charge in [-0.25, -0.2) is 4.39 Å². The number of aliphatic imine (C=N–C) groups is 1. The Hall–Kier alpha value is -1.36. The molecule has 0 radical (unpaired) electrons. The van der Waals surface area contributed by atoms with Gasteiger partial charge < -0.3 is 0 Å². The van der Waals surface area contributed by atoms with Gasteiger partial charge in [-0.05, 0) is 45.8 Å². The molecule has 0 amide bonds. The molecule has 17 heavy (non-hydrogen) atoms. The summed E-state index contributed by atoms with van der Waals surface area (Å²) >= 11 is 7.82. The third-order valence-electron chi connectivity index (χ3n) is 2.08. The zero-order valence-corrected chi connectivity index (χ0v) is 11.0. The van der Waals surface area contributed by atoms with E-state index in [2.05, 4.69) is 43.4 Å². The van der Waals surface area contributed by atoms with Crippen LogP contribution in [-0.2, 0) is 6.54 Å². The minimum atomic E-state index is -0.258. The molecule has 1 heterocycles. The van der Waals surface area contributed by atoms with Gasteiger partial charge >= 0.3 is 0 Å². The van der Waals surface area contributed by atoms with Crippen molar-refractivity contribution < 1.29 is 4.39 Å². The minimum absolute atomic E-state index is 0.258. The first-order valence-electron chi connectivity index (χ1n) is 4.74. The highest BCUT2D eigenvalue weighted by molar-refractivity contribution is 9.10. The highest BCUT2D eigenvalue weighted by Gasteiger charge is 2.05. The van der Waals surface area contributed by atoms with Crippen molar-refractivity contribution in [1.29, 1.82) is 0 Å². The largest absolute Gasteiger partial charge is 0.265 e. The summed E-state index contributed by atoms with van der Waals surface area (Å²) in [7, 11) is 0. The van der Waals surface area contributed by atoms with E-state index < -0.39 is 0 Å². The molecular formula is C11H7BrFN3S. The minimum Gasteiger partial charge on any atom is -0.265 e. The summed E-state index contributed by atoms with van der Waals surface area (Å²) in [6.07, 6.45) is 1.76. The summed E-state index contributed by atoms with van der Waals surface area (Å²) < 4.78 is 15.4. The van der Waals surface area contributed by atoms with Crippen molar-refractivity contribution in [3.8, 4) is 0 Å². The lowest BCUT2D eigenvalue weighted by Crippen LogP contribution is -2.00. The quantitative estimate of drug-likeness (QED) is 0.641. The Kier molecular flexibility index (Phi) is 3.78. The predicted octanol–water partition coefficient (Wildman–Crippen LogP) is 3.57. The van der Waals surface area contributed by atoms with Gasteiger partial charge in [-0.1, -0.05) is 12.1 Å². The van der Waals surface area contributed by atoms with Crippen LogP contribution < -0.4 is 0 Å². The van der Waals surface area contributed by atoms with E-state index in [0.29, 0.717) is 12.4 Å². The van der Waals surface area contributed by atoms with Crippen LogP contribution in [0.1, 0.15) is 5.56 Å². The van der Waals surface area contributed by atoms with Crippen LogP contribution in [0.3, 0.4) is 0 Å². The average molecular weight is 312 g/mol. The van der Waals surface area contributed by atoms with Gasteiger partial charge in [0, 0.05) is 6.20 Å². The van der Waals surface area contributed by atoms with Crippen molar-refractivity contribution in [3.05, 3.63) is 46.3 Å². The topological polar surface area (TPSA) is 30.2 Å². The van der Waals surface area contributed by atoms with Gasteiger partial charge in [0.05, 0.1) is 16.2 Å². The second-order valence-corrected chi connectivity index (χ2v) is 4.37. The van der Waals surface area contributed by atoms with E-state index in [1.54, 1.807) is 16.9 Å². The van der Waals surface area contributed by atoms with Crippen molar-refractivity contribution >= 4 is 39.1 Å². The number of benzene rings is 1. The molecule has 86 valence electrons. The van der Waals surface area contributed by atoms with E-state index in [9.17, 15) is 4.39 Å². The molecule has 0 N–H and O–H groups in total. The van der Waals surface area contributed by atoms with Gasteiger partial charge in [0.25, 0.3) is 0 Å². The van der Waals surface area contributed by atoms with Crippen molar-refractivity contribution in [2.24, 2.45) is 4.99 Å². The lowest BCUT2D eigenvalue weighted by atomic mass is 10.2. The monoisotopic (exact) mass is 311 g/mol. The van der Waals surface area contributed by atoms with Gasteiger partial charge in [0.1, 0.15) is 5.82 Å². The zero-order chi connectivity index (χ0) is 12.3. The molecule has 0 bridgehead atoms. The Balaban J connectivity index is 2.24. The van der Waals surface area contributed by atoms with Crippen molar-refractivity contribution in [2.45, 2.75) is 6.54 Å². The van der Waals surface area contributed by atoms with Crippen LogP contribution in [-0.4, -0.2) is 14.9 Å². The van der Waals surface area contributed by atoms with E-state index in [1.165, 1.54) is 12.1 Å². The zero-order valence-electron chi connectivity index (χ0n) is 8.60. The molecule has 0 saturated carbocycles. The van der Waals surface area contributed by atoms with Gasteiger partial charge in [-0.2, -0.15) is 10.1 Å². The van der Waals surface area contributed by atoms with Gasteiger partial charge in [-0.3, -0.25) is 4.68 Å². The summed E-state index contributed by atoms with van der Waals surface area (Å²) in [4.78, 5) is 3.80. The number of isothiocyanates is 1. The van der Waals surface area contributed by atoms with Crippen LogP contribution in [0.15, 0.2) is 39.9 Å². The fourth-order valence-corrected chi connectivity index (χ4v) is 1.90. The molecule has 0 fully saturated rings. The molecule has 2 aromatic rings. The lowest BCUT2D eigenvalue weighted by Gasteiger charge is -2.01. The Morgan fingerprint density at radius 1 is 1.53 bits per heavy atom. The molecule has 6 heteroatoms. The normalized spacial score (nSPS) is 10.0. The standard InChI is InChI=1S/C11H7BrFN3S/c12-10-6-16(15-11(10)14-7-17)5-8-2-1-3-9(13)4-8/h1-4,6H,5H2. The molecule has 0 unspecified atom stereocenters.